The van der Waals surface area contributed by atoms with Crippen molar-refractivity contribution in [2.45, 2.75) is 99.1 Å². The fourth-order valence-electron chi connectivity index (χ4n) is 5.42. The van der Waals surface area contributed by atoms with Crippen LogP contribution in [0.4, 0.5) is 5.69 Å². The zero-order chi connectivity index (χ0) is 25.7. The van der Waals surface area contributed by atoms with Gasteiger partial charge in [-0.1, -0.05) is 25.1 Å². The van der Waals surface area contributed by atoms with Gasteiger partial charge in [0.05, 0.1) is 23.6 Å². The first-order chi connectivity index (χ1) is 17.4. The number of aryl methyl sites for hydroxylation is 5. The summed E-state index contributed by atoms with van der Waals surface area (Å²) in [5, 5.41) is 4.51. The molecule has 0 unspecified atom stereocenters. The van der Waals surface area contributed by atoms with Gasteiger partial charge in [-0.2, -0.15) is 0 Å². The molecule has 0 saturated carbocycles. The molecule has 0 saturated heterocycles. The summed E-state index contributed by atoms with van der Waals surface area (Å²) >= 11 is 0. The van der Waals surface area contributed by atoms with Crippen molar-refractivity contribution < 1.29 is 4.84 Å². The molecule has 0 radical (unpaired) electrons. The van der Waals surface area contributed by atoms with E-state index in [1.807, 2.05) is 0 Å². The molecule has 4 rings (SSSR count). The minimum absolute atomic E-state index is 0.0284. The quantitative estimate of drug-likeness (QED) is 0.338. The van der Waals surface area contributed by atoms with E-state index in [-0.39, 0.29) is 6.10 Å². The van der Waals surface area contributed by atoms with Crippen LogP contribution in [-0.2, 0) is 37.1 Å². The Kier molecular flexibility index (Phi) is 9.00. The highest BCUT2D eigenvalue weighted by Crippen LogP contribution is 2.27. The first-order valence-electron chi connectivity index (χ1n) is 14.0. The highest BCUT2D eigenvalue weighted by Gasteiger charge is 2.21. The molecular weight excluding hydrogens is 446 g/mol. The van der Waals surface area contributed by atoms with E-state index in [2.05, 4.69) is 68.6 Å². The fourth-order valence-corrected chi connectivity index (χ4v) is 5.42. The van der Waals surface area contributed by atoms with Gasteiger partial charge in [0.15, 0.2) is 0 Å². The maximum absolute atomic E-state index is 5.97. The van der Waals surface area contributed by atoms with E-state index in [0.29, 0.717) is 0 Å². The molecule has 2 aromatic heterocycles. The Balaban J connectivity index is 1.29. The van der Waals surface area contributed by atoms with Crippen molar-refractivity contribution in [3.05, 3.63) is 51.6 Å². The highest BCUT2D eigenvalue weighted by molar-refractivity contribution is 5.81. The van der Waals surface area contributed by atoms with Crippen LogP contribution < -0.4 is 4.90 Å². The molecule has 1 atom stereocenters. The minimum Gasteiger partial charge on any atom is -0.391 e. The number of aromatic nitrogens is 2. The maximum atomic E-state index is 5.97. The summed E-state index contributed by atoms with van der Waals surface area (Å²) in [6.45, 7) is 17.9. The topological polar surface area (TPSA) is 53.9 Å². The number of hydrogen-bond donors (Lipinski definition) is 0. The van der Waals surface area contributed by atoms with Crippen molar-refractivity contribution in [1.82, 2.24) is 14.9 Å². The number of rotatable bonds is 9. The van der Waals surface area contributed by atoms with Crippen molar-refractivity contribution in [1.29, 1.82) is 0 Å². The first-order valence-corrected chi connectivity index (χ1v) is 14.0. The minimum atomic E-state index is 0.0284. The van der Waals surface area contributed by atoms with Gasteiger partial charge in [0.2, 0.25) is 0 Å². The van der Waals surface area contributed by atoms with E-state index in [1.165, 1.54) is 52.3 Å². The first kappa shape index (κ1) is 26.6. The van der Waals surface area contributed by atoms with Gasteiger partial charge in [-0.05, 0) is 82.6 Å². The van der Waals surface area contributed by atoms with Gasteiger partial charge in [0, 0.05) is 56.1 Å². The molecule has 0 fully saturated rings. The van der Waals surface area contributed by atoms with Gasteiger partial charge < -0.3 is 9.74 Å². The average molecular weight is 492 g/mol. The van der Waals surface area contributed by atoms with E-state index in [1.54, 1.807) is 0 Å². The Morgan fingerprint density at radius 1 is 1.06 bits per heavy atom. The van der Waals surface area contributed by atoms with Gasteiger partial charge in [-0.3, -0.25) is 14.9 Å². The number of hydrogen-bond acceptors (Lipinski definition) is 6. The van der Waals surface area contributed by atoms with Crippen LogP contribution in [0.5, 0.6) is 0 Å². The molecule has 0 N–H and O–H groups in total. The SMILES string of the molecule is CCc1cc2c(nc1CC)CCN(CC/C(C)=N/O[C@@H](C)CN1CCCCc3nc(C)c(C)cc31)C2. The number of oxime groups is 1. The molecule has 0 bridgehead atoms. The summed E-state index contributed by atoms with van der Waals surface area (Å²) in [5.41, 5.74) is 11.4. The molecular formula is C30H45N5O. The Morgan fingerprint density at radius 3 is 2.67 bits per heavy atom. The predicted molar refractivity (Wildman–Crippen MR) is 149 cm³/mol. The van der Waals surface area contributed by atoms with Gasteiger partial charge >= 0.3 is 0 Å². The molecule has 4 heterocycles. The lowest BCUT2D eigenvalue weighted by Gasteiger charge is -2.29. The maximum Gasteiger partial charge on any atom is 0.142 e. The summed E-state index contributed by atoms with van der Waals surface area (Å²) in [6, 6.07) is 4.71. The molecule has 0 spiro atoms. The largest absolute Gasteiger partial charge is 0.391 e. The van der Waals surface area contributed by atoms with Crippen LogP contribution in [0.1, 0.15) is 86.4 Å². The third-order valence-corrected chi connectivity index (χ3v) is 7.74. The lowest BCUT2D eigenvalue weighted by Crippen LogP contribution is -2.33. The summed E-state index contributed by atoms with van der Waals surface area (Å²) in [6.07, 6.45) is 7.54. The van der Waals surface area contributed by atoms with Crippen LogP contribution in [0.3, 0.4) is 0 Å². The van der Waals surface area contributed by atoms with Crippen LogP contribution in [0, 0.1) is 13.8 Å². The lowest BCUT2D eigenvalue weighted by molar-refractivity contribution is 0.0761. The van der Waals surface area contributed by atoms with E-state index in [9.17, 15) is 0 Å². The molecule has 6 heteroatoms. The Labute approximate surface area is 218 Å². The summed E-state index contributed by atoms with van der Waals surface area (Å²) in [4.78, 5) is 20.8. The number of pyridine rings is 2. The Bertz CT molecular complexity index is 1080. The molecule has 0 aliphatic carbocycles. The number of nitrogens with zero attached hydrogens (tertiary/aromatic N) is 5. The van der Waals surface area contributed by atoms with Crippen molar-refractivity contribution >= 4 is 11.4 Å². The zero-order valence-corrected chi connectivity index (χ0v) is 23.4. The summed E-state index contributed by atoms with van der Waals surface area (Å²) in [7, 11) is 0. The van der Waals surface area contributed by atoms with Gasteiger partial charge in [0.1, 0.15) is 6.10 Å². The molecule has 2 aliphatic rings. The highest BCUT2D eigenvalue weighted by atomic mass is 16.6. The molecule has 36 heavy (non-hydrogen) atoms. The molecule has 196 valence electrons. The predicted octanol–water partition coefficient (Wildman–Crippen LogP) is 5.59. The molecule has 2 aromatic rings. The summed E-state index contributed by atoms with van der Waals surface area (Å²) in [5.74, 6) is 0. The Morgan fingerprint density at radius 2 is 1.89 bits per heavy atom. The molecule has 0 aromatic carbocycles. The standard InChI is InChI=1S/C30H45N5O/c1-7-25-18-26-20-34(16-13-28(26)32-27(25)8-2)15-12-22(4)33-36-23(5)19-35-14-10-9-11-29-30(35)17-21(3)24(6)31-29/h17-18,23H,7-16,19-20H2,1-6H3/b33-22+/t23-/m0/s1. The van der Waals surface area contributed by atoms with Crippen molar-refractivity contribution in [2.24, 2.45) is 5.16 Å². The molecule has 2 aliphatic heterocycles. The second-order valence-electron chi connectivity index (χ2n) is 10.7. The smallest absolute Gasteiger partial charge is 0.142 e. The van der Waals surface area contributed by atoms with Crippen LogP contribution >= 0.6 is 0 Å². The van der Waals surface area contributed by atoms with E-state index in [0.717, 1.165) is 76.2 Å². The van der Waals surface area contributed by atoms with Gasteiger partial charge in [0.25, 0.3) is 0 Å². The van der Waals surface area contributed by atoms with Crippen LogP contribution in [0.25, 0.3) is 0 Å². The average Bonchev–Trinajstić information content (AvgIpc) is 3.07. The van der Waals surface area contributed by atoms with E-state index >= 15 is 0 Å². The van der Waals surface area contributed by atoms with Crippen LogP contribution in [0.2, 0.25) is 0 Å². The third kappa shape index (κ3) is 6.44. The zero-order valence-electron chi connectivity index (χ0n) is 23.4. The second kappa shape index (κ2) is 12.2. The van der Waals surface area contributed by atoms with E-state index in [4.69, 9.17) is 14.8 Å². The normalized spacial score (nSPS) is 17.4. The molecule has 0 amide bonds. The van der Waals surface area contributed by atoms with Crippen molar-refractivity contribution in [2.75, 3.05) is 31.1 Å². The summed E-state index contributed by atoms with van der Waals surface area (Å²) < 4.78 is 0. The fraction of sp³-hybridized carbons (Fsp3) is 0.633. The number of fused-ring (bicyclic) bond motifs is 2. The third-order valence-electron chi connectivity index (χ3n) is 7.74. The monoisotopic (exact) mass is 491 g/mol. The van der Waals surface area contributed by atoms with Crippen LogP contribution in [-0.4, -0.2) is 52.9 Å². The molecule has 6 nitrogen and oxygen atoms in total. The Hall–Kier alpha value is -2.47. The number of anilines is 1. The van der Waals surface area contributed by atoms with Gasteiger partial charge in [-0.15, -0.1) is 0 Å². The van der Waals surface area contributed by atoms with E-state index < -0.39 is 0 Å². The van der Waals surface area contributed by atoms with Crippen molar-refractivity contribution in [3.8, 4) is 0 Å². The van der Waals surface area contributed by atoms with Gasteiger partial charge in [-0.25, -0.2) is 0 Å². The van der Waals surface area contributed by atoms with Crippen LogP contribution in [0.15, 0.2) is 17.3 Å². The lowest BCUT2D eigenvalue weighted by atomic mass is 9.99. The van der Waals surface area contributed by atoms with Crippen molar-refractivity contribution in [3.63, 3.8) is 0 Å². The second-order valence-corrected chi connectivity index (χ2v) is 10.7.